The van der Waals surface area contributed by atoms with Gasteiger partial charge in [-0.1, -0.05) is 0 Å². The molecular formula is C6H12O3. The molecule has 0 spiro atoms. The Morgan fingerprint density at radius 1 is 1.11 bits per heavy atom. The van der Waals surface area contributed by atoms with E-state index >= 15 is 0 Å². The molecule has 0 aromatic rings. The standard InChI is InChI=1S/C6H12O3/c1-5(7)3-9-4-6(5,2)8/h7-8H,3-4H2,1-2H3/t5-,6+. The second kappa shape index (κ2) is 1.68. The minimum Gasteiger partial charge on any atom is -0.385 e. The molecule has 0 aliphatic carbocycles. The molecule has 0 saturated carbocycles. The van der Waals surface area contributed by atoms with Crippen LogP contribution in [-0.4, -0.2) is 34.6 Å². The van der Waals surface area contributed by atoms with Crippen molar-refractivity contribution >= 4 is 0 Å². The zero-order valence-corrected chi connectivity index (χ0v) is 5.72. The van der Waals surface area contributed by atoms with Crippen LogP contribution in [0.2, 0.25) is 0 Å². The summed E-state index contributed by atoms with van der Waals surface area (Å²) < 4.78 is 4.88. The third-order valence-electron chi connectivity index (χ3n) is 1.93. The highest BCUT2D eigenvalue weighted by Crippen LogP contribution is 2.28. The van der Waals surface area contributed by atoms with Gasteiger partial charge in [-0.3, -0.25) is 0 Å². The number of ether oxygens (including phenoxy) is 1. The quantitative estimate of drug-likeness (QED) is 0.468. The summed E-state index contributed by atoms with van der Waals surface area (Å²) in [6, 6.07) is 0. The van der Waals surface area contributed by atoms with E-state index in [0.717, 1.165) is 0 Å². The summed E-state index contributed by atoms with van der Waals surface area (Å²) in [4.78, 5) is 0. The molecule has 1 aliphatic rings. The molecule has 0 bridgehead atoms. The van der Waals surface area contributed by atoms with Crippen molar-refractivity contribution < 1.29 is 14.9 Å². The first-order valence-electron chi connectivity index (χ1n) is 2.98. The third kappa shape index (κ3) is 0.956. The smallest absolute Gasteiger partial charge is 0.116 e. The summed E-state index contributed by atoms with van der Waals surface area (Å²) >= 11 is 0. The normalized spacial score (nSPS) is 52.0. The predicted molar refractivity (Wildman–Crippen MR) is 32.1 cm³/mol. The molecule has 0 unspecified atom stereocenters. The fourth-order valence-corrected chi connectivity index (χ4v) is 0.759. The molecule has 1 heterocycles. The second-order valence-corrected chi connectivity index (χ2v) is 3.04. The number of aliphatic hydroxyl groups is 2. The molecule has 1 rings (SSSR count). The van der Waals surface area contributed by atoms with E-state index in [4.69, 9.17) is 4.74 Å². The Labute approximate surface area is 54.3 Å². The van der Waals surface area contributed by atoms with E-state index < -0.39 is 11.2 Å². The van der Waals surface area contributed by atoms with E-state index in [-0.39, 0.29) is 13.2 Å². The van der Waals surface area contributed by atoms with Crippen molar-refractivity contribution in [1.29, 1.82) is 0 Å². The highest BCUT2D eigenvalue weighted by molar-refractivity contribution is 4.97. The number of hydrogen-bond acceptors (Lipinski definition) is 3. The van der Waals surface area contributed by atoms with Crippen LogP contribution in [0.3, 0.4) is 0 Å². The van der Waals surface area contributed by atoms with Crippen LogP contribution in [0.25, 0.3) is 0 Å². The van der Waals surface area contributed by atoms with E-state index in [2.05, 4.69) is 0 Å². The van der Waals surface area contributed by atoms with Gasteiger partial charge in [-0.2, -0.15) is 0 Å². The van der Waals surface area contributed by atoms with Gasteiger partial charge in [0.15, 0.2) is 0 Å². The highest BCUT2D eigenvalue weighted by Gasteiger charge is 2.47. The molecule has 2 N–H and O–H groups in total. The molecular weight excluding hydrogens is 120 g/mol. The lowest BCUT2D eigenvalue weighted by molar-refractivity contribution is -0.0935. The van der Waals surface area contributed by atoms with Gasteiger partial charge in [-0.15, -0.1) is 0 Å². The molecule has 0 radical (unpaired) electrons. The van der Waals surface area contributed by atoms with Crippen molar-refractivity contribution in [2.24, 2.45) is 0 Å². The predicted octanol–water partition coefficient (Wildman–Crippen LogP) is -0.481. The number of hydrogen-bond donors (Lipinski definition) is 2. The van der Waals surface area contributed by atoms with E-state index in [1.807, 2.05) is 0 Å². The maximum Gasteiger partial charge on any atom is 0.116 e. The van der Waals surface area contributed by atoms with Crippen molar-refractivity contribution in [2.75, 3.05) is 13.2 Å². The van der Waals surface area contributed by atoms with Crippen LogP contribution in [0, 0.1) is 0 Å². The van der Waals surface area contributed by atoms with Crippen LogP contribution in [0.1, 0.15) is 13.8 Å². The van der Waals surface area contributed by atoms with E-state index in [9.17, 15) is 10.2 Å². The van der Waals surface area contributed by atoms with Gasteiger partial charge in [-0.05, 0) is 13.8 Å². The van der Waals surface area contributed by atoms with E-state index in [1.165, 1.54) is 0 Å². The molecule has 0 amide bonds. The summed E-state index contributed by atoms with van der Waals surface area (Å²) in [5, 5.41) is 18.7. The maximum atomic E-state index is 9.35. The Kier molecular flexibility index (Phi) is 1.31. The van der Waals surface area contributed by atoms with E-state index in [0.29, 0.717) is 0 Å². The van der Waals surface area contributed by atoms with Crippen LogP contribution in [0.4, 0.5) is 0 Å². The van der Waals surface area contributed by atoms with Gasteiger partial charge in [0.25, 0.3) is 0 Å². The van der Waals surface area contributed by atoms with Crippen molar-refractivity contribution in [1.82, 2.24) is 0 Å². The fourth-order valence-electron chi connectivity index (χ4n) is 0.759. The Morgan fingerprint density at radius 2 is 1.44 bits per heavy atom. The fraction of sp³-hybridized carbons (Fsp3) is 1.00. The van der Waals surface area contributed by atoms with Crippen LogP contribution in [0.5, 0.6) is 0 Å². The third-order valence-corrected chi connectivity index (χ3v) is 1.93. The average molecular weight is 132 g/mol. The zero-order chi connectivity index (χ0) is 7.12. The highest BCUT2D eigenvalue weighted by atomic mass is 16.5. The van der Waals surface area contributed by atoms with Crippen molar-refractivity contribution in [2.45, 2.75) is 25.0 Å². The molecule has 0 aromatic carbocycles. The lowest BCUT2D eigenvalue weighted by Gasteiger charge is -2.28. The molecule has 54 valence electrons. The summed E-state index contributed by atoms with van der Waals surface area (Å²) in [5.74, 6) is 0. The first kappa shape index (κ1) is 6.99. The lowest BCUT2D eigenvalue weighted by atomic mass is 9.90. The molecule has 3 nitrogen and oxygen atoms in total. The van der Waals surface area contributed by atoms with Gasteiger partial charge in [0.1, 0.15) is 11.2 Å². The summed E-state index contributed by atoms with van der Waals surface area (Å²) in [5.41, 5.74) is -2.15. The largest absolute Gasteiger partial charge is 0.385 e. The van der Waals surface area contributed by atoms with Gasteiger partial charge in [0.05, 0.1) is 13.2 Å². The first-order valence-corrected chi connectivity index (χ1v) is 2.98. The Balaban J connectivity index is 2.75. The lowest BCUT2D eigenvalue weighted by Crippen LogP contribution is -2.48. The Bertz CT molecular complexity index is 103. The molecule has 1 fully saturated rings. The maximum absolute atomic E-state index is 9.35. The minimum absolute atomic E-state index is 0.222. The first-order chi connectivity index (χ1) is 3.96. The molecule has 9 heavy (non-hydrogen) atoms. The molecule has 1 aliphatic heterocycles. The Morgan fingerprint density at radius 3 is 1.56 bits per heavy atom. The van der Waals surface area contributed by atoms with Gasteiger partial charge in [0.2, 0.25) is 0 Å². The SMILES string of the molecule is C[C@]1(O)COC[C@@]1(C)O. The summed E-state index contributed by atoms with van der Waals surface area (Å²) in [6.45, 7) is 3.58. The van der Waals surface area contributed by atoms with Gasteiger partial charge < -0.3 is 14.9 Å². The molecule has 3 heteroatoms. The molecule has 1 saturated heterocycles. The van der Waals surface area contributed by atoms with Crippen molar-refractivity contribution in [3.63, 3.8) is 0 Å². The monoisotopic (exact) mass is 132 g/mol. The van der Waals surface area contributed by atoms with Crippen LogP contribution < -0.4 is 0 Å². The topological polar surface area (TPSA) is 49.7 Å². The van der Waals surface area contributed by atoms with Crippen molar-refractivity contribution in [3.8, 4) is 0 Å². The summed E-state index contributed by atoms with van der Waals surface area (Å²) in [7, 11) is 0. The van der Waals surface area contributed by atoms with E-state index in [1.54, 1.807) is 13.8 Å². The molecule has 0 aromatic heterocycles. The number of rotatable bonds is 0. The second-order valence-electron chi connectivity index (χ2n) is 3.04. The van der Waals surface area contributed by atoms with Crippen LogP contribution >= 0.6 is 0 Å². The Hall–Kier alpha value is -0.120. The van der Waals surface area contributed by atoms with Gasteiger partial charge in [0, 0.05) is 0 Å². The summed E-state index contributed by atoms with van der Waals surface area (Å²) in [6.07, 6.45) is 0. The van der Waals surface area contributed by atoms with Crippen molar-refractivity contribution in [3.05, 3.63) is 0 Å². The van der Waals surface area contributed by atoms with Gasteiger partial charge in [-0.25, -0.2) is 0 Å². The minimum atomic E-state index is -1.08. The average Bonchev–Trinajstić information content (AvgIpc) is 1.81. The zero-order valence-electron chi connectivity index (χ0n) is 5.72. The van der Waals surface area contributed by atoms with Crippen LogP contribution in [-0.2, 0) is 4.74 Å². The van der Waals surface area contributed by atoms with Gasteiger partial charge >= 0.3 is 0 Å². The molecule has 2 atom stereocenters. The van der Waals surface area contributed by atoms with Crippen LogP contribution in [0.15, 0.2) is 0 Å².